The van der Waals surface area contributed by atoms with Crippen molar-refractivity contribution < 1.29 is 13.2 Å². The zero-order valence-corrected chi connectivity index (χ0v) is 16.4. The minimum absolute atomic E-state index is 0.173. The van der Waals surface area contributed by atoms with E-state index in [1.54, 1.807) is 24.3 Å². The standard InChI is InChI=1S/C18H22N2O3S2/c1-13-5-6-14(2)17(11-13)19-18(21)12-20(3)25(22,23)16-9-7-15(24-4)8-10-16/h5-11H,12H2,1-4H3,(H,19,21). The predicted molar refractivity (Wildman–Crippen MR) is 103 cm³/mol. The highest BCUT2D eigenvalue weighted by molar-refractivity contribution is 7.98. The summed E-state index contributed by atoms with van der Waals surface area (Å²) in [6, 6.07) is 12.4. The predicted octanol–water partition coefficient (Wildman–Crippen LogP) is 3.28. The monoisotopic (exact) mass is 378 g/mol. The zero-order valence-electron chi connectivity index (χ0n) is 14.7. The van der Waals surface area contributed by atoms with E-state index in [9.17, 15) is 13.2 Å². The topological polar surface area (TPSA) is 66.5 Å². The van der Waals surface area contributed by atoms with Gasteiger partial charge in [0.25, 0.3) is 0 Å². The van der Waals surface area contributed by atoms with Crippen molar-refractivity contribution in [2.24, 2.45) is 0 Å². The lowest BCUT2D eigenvalue weighted by Gasteiger charge is -2.17. The van der Waals surface area contributed by atoms with Crippen molar-refractivity contribution >= 4 is 33.4 Å². The van der Waals surface area contributed by atoms with Gasteiger partial charge in [-0.3, -0.25) is 4.79 Å². The van der Waals surface area contributed by atoms with Gasteiger partial charge in [0.2, 0.25) is 15.9 Å². The summed E-state index contributed by atoms with van der Waals surface area (Å²) < 4.78 is 26.2. The van der Waals surface area contributed by atoms with E-state index in [1.165, 1.54) is 18.8 Å². The van der Waals surface area contributed by atoms with Gasteiger partial charge in [-0.15, -0.1) is 11.8 Å². The van der Waals surface area contributed by atoms with Crippen molar-refractivity contribution in [1.29, 1.82) is 0 Å². The van der Waals surface area contributed by atoms with E-state index in [0.717, 1.165) is 20.3 Å². The molecule has 2 rings (SSSR count). The molecule has 2 aromatic rings. The lowest BCUT2D eigenvalue weighted by molar-refractivity contribution is -0.116. The van der Waals surface area contributed by atoms with E-state index in [-0.39, 0.29) is 17.3 Å². The molecule has 0 unspecified atom stereocenters. The first-order valence-corrected chi connectivity index (χ1v) is 10.4. The first kappa shape index (κ1) is 19.5. The zero-order chi connectivity index (χ0) is 18.6. The molecule has 134 valence electrons. The Balaban J connectivity index is 2.10. The van der Waals surface area contributed by atoms with Crippen LogP contribution in [-0.2, 0) is 14.8 Å². The molecule has 0 aliphatic heterocycles. The minimum Gasteiger partial charge on any atom is -0.325 e. The van der Waals surface area contributed by atoms with Gasteiger partial charge in [0, 0.05) is 17.6 Å². The van der Waals surface area contributed by atoms with Crippen LogP contribution in [0.2, 0.25) is 0 Å². The third-order valence-corrected chi connectivity index (χ3v) is 6.36. The van der Waals surface area contributed by atoms with E-state index < -0.39 is 10.0 Å². The highest BCUT2D eigenvalue weighted by Gasteiger charge is 2.23. The minimum atomic E-state index is -3.71. The summed E-state index contributed by atoms with van der Waals surface area (Å²) in [5, 5.41) is 2.78. The number of rotatable bonds is 6. The van der Waals surface area contributed by atoms with Crippen LogP contribution in [0.4, 0.5) is 5.69 Å². The second-order valence-electron chi connectivity index (χ2n) is 5.80. The molecule has 0 saturated carbocycles. The normalized spacial score (nSPS) is 11.6. The number of amides is 1. The van der Waals surface area contributed by atoms with Crippen molar-refractivity contribution in [3.8, 4) is 0 Å². The summed E-state index contributed by atoms with van der Waals surface area (Å²) in [6.07, 6.45) is 1.92. The number of carbonyl (C=O) groups is 1. The van der Waals surface area contributed by atoms with Gasteiger partial charge in [-0.25, -0.2) is 8.42 Å². The molecule has 0 heterocycles. The van der Waals surface area contributed by atoms with Gasteiger partial charge in [0.15, 0.2) is 0 Å². The molecule has 5 nitrogen and oxygen atoms in total. The fourth-order valence-electron chi connectivity index (χ4n) is 2.28. The van der Waals surface area contributed by atoms with Gasteiger partial charge in [-0.05, 0) is 61.6 Å². The first-order valence-electron chi connectivity index (χ1n) is 7.71. The lowest BCUT2D eigenvalue weighted by Crippen LogP contribution is -2.35. The van der Waals surface area contributed by atoms with Crippen LogP contribution in [0.25, 0.3) is 0 Å². The van der Waals surface area contributed by atoms with E-state index in [4.69, 9.17) is 0 Å². The second-order valence-corrected chi connectivity index (χ2v) is 8.73. The Morgan fingerprint density at radius 3 is 2.36 bits per heavy atom. The maximum absolute atomic E-state index is 12.6. The van der Waals surface area contributed by atoms with Crippen molar-refractivity contribution in [2.75, 3.05) is 25.2 Å². The molecule has 0 atom stereocenters. The Morgan fingerprint density at radius 1 is 1.12 bits per heavy atom. The highest BCUT2D eigenvalue weighted by Crippen LogP contribution is 2.20. The van der Waals surface area contributed by atoms with Gasteiger partial charge in [0.05, 0.1) is 11.4 Å². The lowest BCUT2D eigenvalue weighted by atomic mass is 10.1. The quantitative estimate of drug-likeness (QED) is 0.784. The first-order chi connectivity index (χ1) is 11.7. The van der Waals surface area contributed by atoms with Gasteiger partial charge >= 0.3 is 0 Å². The summed E-state index contributed by atoms with van der Waals surface area (Å²) >= 11 is 1.54. The van der Waals surface area contributed by atoms with E-state index in [1.807, 2.05) is 38.3 Å². The number of nitrogens with zero attached hydrogens (tertiary/aromatic N) is 1. The molecule has 7 heteroatoms. The molecule has 0 aliphatic rings. The molecule has 2 aromatic carbocycles. The molecule has 0 aromatic heterocycles. The Morgan fingerprint density at radius 2 is 1.76 bits per heavy atom. The third-order valence-electron chi connectivity index (χ3n) is 3.80. The number of aryl methyl sites for hydroxylation is 2. The largest absolute Gasteiger partial charge is 0.325 e. The van der Waals surface area contributed by atoms with Crippen LogP contribution in [0.1, 0.15) is 11.1 Å². The summed E-state index contributed by atoms with van der Waals surface area (Å²) in [6.45, 7) is 3.58. The van der Waals surface area contributed by atoms with Crippen LogP contribution in [-0.4, -0.2) is 38.5 Å². The number of likely N-dealkylation sites (N-methyl/N-ethyl adjacent to an activating group) is 1. The molecule has 25 heavy (non-hydrogen) atoms. The molecule has 0 radical (unpaired) electrons. The Labute approximate surface area is 153 Å². The number of hydrogen-bond acceptors (Lipinski definition) is 4. The number of nitrogens with one attached hydrogen (secondary N) is 1. The number of carbonyl (C=O) groups excluding carboxylic acids is 1. The number of thioether (sulfide) groups is 1. The van der Waals surface area contributed by atoms with Crippen LogP contribution >= 0.6 is 11.8 Å². The van der Waals surface area contributed by atoms with Crippen LogP contribution in [0.5, 0.6) is 0 Å². The van der Waals surface area contributed by atoms with Crippen LogP contribution in [0.3, 0.4) is 0 Å². The fraction of sp³-hybridized carbons (Fsp3) is 0.278. The van der Waals surface area contributed by atoms with Crippen molar-refractivity contribution in [3.05, 3.63) is 53.6 Å². The average Bonchev–Trinajstić information content (AvgIpc) is 2.58. The SMILES string of the molecule is CSc1ccc(S(=O)(=O)N(C)CC(=O)Nc2cc(C)ccc2C)cc1. The summed E-state index contributed by atoms with van der Waals surface area (Å²) in [7, 11) is -2.30. The van der Waals surface area contributed by atoms with Gasteiger partial charge in [-0.1, -0.05) is 12.1 Å². The van der Waals surface area contributed by atoms with E-state index in [2.05, 4.69) is 5.32 Å². The van der Waals surface area contributed by atoms with Crippen LogP contribution < -0.4 is 5.32 Å². The smallest absolute Gasteiger partial charge is 0.243 e. The highest BCUT2D eigenvalue weighted by atomic mass is 32.2. The van der Waals surface area contributed by atoms with Gasteiger partial charge in [0.1, 0.15) is 0 Å². The molecule has 0 aliphatic carbocycles. The van der Waals surface area contributed by atoms with Crippen molar-refractivity contribution in [2.45, 2.75) is 23.6 Å². The Bertz CT molecular complexity index is 862. The van der Waals surface area contributed by atoms with Gasteiger partial charge < -0.3 is 5.32 Å². The molecular formula is C18H22N2O3S2. The van der Waals surface area contributed by atoms with Crippen molar-refractivity contribution in [3.63, 3.8) is 0 Å². The van der Waals surface area contributed by atoms with Crippen molar-refractivity contribution in [1.82, 2.24) is 4.31 Å². The van der Waals surface area contributed by atoms with E-state index >= 15 is 0 Å². The average molecular weight is 379 g/mol. The number of benzene rings is 2. The second kappa shape index (κ2) is 8.03. The summed E-state index contributed by atoms with van der Waals surface area (Å²) in [4.78, 5) is 13.4. The fourth-order valence-corrected chi connectivity index (χ4v) is 3.81. The Kier molecular flexibility index (Phi) is 6.26. The Hall–Kier alpha value is -1.83. The molecule has 0 fully saturated rings. The summed E-state index contributed by atoms with van der Waals surface area (Å²) in [5.74, 6) is -0.375. The molecule has 0 bridgehead atoms. The van der Waals surface area contributed by atoms with Crippen LogP contribution in [0.15, 0.2) is 52.3 Å². The molecule has 0 saturated heterocycles. The van der Waals surface area contributed by atoms with Gasteiger partial charge in [-0.2, -0.15) is 4.31 Å². The number of sulfonamides is 1. The number of hydrogen-bond donors (Lipinski definition) is 1. The third kappa shape index (κ3) is 4.84. The number of anilines is 1. The molecule has 0 spiro atoms. The molecular weight excluding hydrogens is 356 g/mol. The molecule has 1 amide bonds. The van der Waals surface area contributed by atoms with E-state index in [0.29, 0.717) is 5.69 Å². The van der Waals surface area contributed by atoms with Crippen LogP contribution in [0, 0.1) is 13.8 Å². The maximum atomic E-state index is 12.6. The summed E-state index contributed by atoms with van der Waals surface area (Å²) in [5.41, 5.74) is 2.65. The molecule has 1 N–H and O–H groups in total. The maximum Gasteiger partial charge on any atom is 0.243 e.